The third-order valence-corrected chi connectivity index (χ3v) is 1.93. The van der Waals surface area contributed by atoms with Crippen LogP contribution in [0, 0.1) is 11.3 Å². The third kappa shape index (κ3) is 2.41. The van der Waals surface area contributed by atoms with E-state index in [0.717, 1.165) is 6.29 Å². The van der Waals surface area contributed by atoms with Crippen LogP contribution in [0.25, 0.3) is 0 Å². The molecule has 0 N–H and O–H groups in total. The van der Waals surface area contributed by atoms with Crippen LogP contribution in [0.1, 0.15) is 21.5 Å². The maximum Gasteiger partial charge on any atom is 0.339 e. The van der Waals surface area contributed by atoms with E-state index in [0.29, 0.717) is 5.56 Å². The second-order valence-electron chi connectivity index (χ2n) is 2.85. The van der Waals surface area contributed by atoms with Gasteiger partial charge in [0.15, 0.2) is 0 Å². The molecule has 0 amide bonds. The molecular weight excluding hydrogens is 194 g/mol. The summed E-state index contributed by atoms with van der Waals surface area (Å²) in [4.78, 5) is 21.5. The zero-order valence-electron chi connectivity index (χ0n) is 8.19. The molecule has 0 aliphatic rings. The maximum atomic E-state index is 11.2. The molecule has 4 heteroatoms. The maximum absolute atomic E-state index is 11.2. The number of nitrogens with zero attached hydrogens (tertiary/aromatic N) is 1. The standard InChI is InChI=1S/C11H9NO3/c1-15-11(14)10-3-2-8(4-5-13)6-9(10)7-12/h2-3,5-6H,4H2,1H3. The Bertz CT molecular complexity index is 432. The average Bonchev–Trinajstić information content (AvgIpc) is 2.28. The van der Waals surface area contributed by atoms with Crippen molar-refractivity contribution in [2.45, 2.75) is 6.42 Å². The lowest BCUT2D eigenvalue weighted by molar-refractivity contribution is -0.107. The van der Waals surface area contributed by atoms with Crippen molar-refractivity contribution in [2.75, 3.05) is 7.11 Å². The van der Waals surface area contributed by atoms with Gasteiger partial charge in [-0.05, 0) is 17.7 Å². The minimum absolute atomic E-state index is 0.217. The van der Waals surface area contributed by atoms with Gasteiger partial charge in [0.05, 0.1) is 18.2 Å². The lowest BCUT2D eigenvalue weighted by Crippen LogP contribution is -2.04. The largest absolute Gasteiger partial charge is 0.465 e. The summed E-state index contributed by atoms with van der Waals surface area (Å²) in [6.45, 7) is 0. The Morgan fingerprint density at radius 2 is 2.33 bits per heavy atom. The van der Waals surface area contributed by atoms with Crippen LogP contribution >= 0.6 is 0 Å². The van der Waals surface area contributed by atoms with Gasteiger partial charge < -0.3 is 9.53 Å². The molecule has 1 rings (SSSR count). The summed E-state index contributed by atoms with van der Waals surface area (Å²) < 4.78 is 4.52. The first-order valence-electron chi connectivity index (χ1n) is 4.28. The summed E-state index contributed by atoms with van der Waals surface area (Å²) in [7, 11) is 1.25. The van der Waals surface area contributed by atoms with Gasteiger partial charge >= 0.3 is 5.97 Å². The van der Waals surface area contributed by atoms with Gasteiger partial charge in [-0.2, -0.15) is 5.26 Å². The van der Waals surface area contributed by atoms with Crippen LogP contribution in [-0.4, -0.2) is 19.4 Å². The number of aldehydes is 1. The van der Waals surface area contributed by atoms with Gasteiger partial charge in [-0.15, -0.1) is 0 Å². The molecule has 0 aliphatic heterocycles. The van der Waals surface area contributed by atoms with Gasteiger partial charge in [0.1, 0.15) is 12.4 Å². The van der Waals surface area contributed by atoms with E-state index in [-0.39, 0.29) is 17.5 Å². The van der Waals surface area contributed by atoms with Crippen molar-refractivity contribution in [2.24, 2.45) is 0 Å². The topological polar surface area (TPSA) is 67.2 Å². The SMILES string of the molecule is COC(=O)c1ccc(CC=O)cc1C#N. The first-order valence-corrected chi connectivity index (χ1v) is 4.28. The molecule has 4 nitrogen and oxygen atoms in total. The van der Waals surface area contributed by atoms with Crippen LogP contribution in [0.15, 0.2) is 18.2 Å². The molecule has 0 heterocycles. The second-order valence-corrected chi connectivity index (χ2v) is 2.85. The second kappa shape index (κ2) is 4.91. The van der Waals surface area contributed by atoms with Crippen LogP contribution in [0.5, 0.6) is 0 Å². The van der Waals surface area contributed by atoms with Crippen LogP contribution in [0.3, 0.4) is 0 Å². The van der Waals surface area contributed by atoms with Crippen LogP contribution < -0.4 is 0 Å². The third-order valence-electron chi connectivity index (χ3n) is 1.93. The Balaban J connectivity index is 3.16. The lowest BCUT2D eigenvalue weighted by Gasteiger charge is -2.03. The van der Waals surface area contributed by atoms with Gasteiger partial charge in [-0.25, -0.2) is 4.79 Å². The van der Waals surface area contributed by atoms with Gasteiger partial charge in [0, 0.05) is 6.42 Å². The Labute approximate surface area is 87.1 Å². The normalized spacial score (nSPS) is 9.07. The molecule has 1 aromatic carbocycles. The number of carbonyl (C=O) groups is 2. The van der Waals surface area contributed by atoms with E-state index < -0.39 is 5.97 Å². The minimum atomic E-state index is -0.552. The number of carbonyl (C=O) groups excluding carboxylic acids is 2. The molecule has 0 saturated heterocycles. The molecule has 0 saturated carbocycles. The highest BCUT2D eigenvalue weighted by atomic mass is 16.5. The van der Waals surface area contributed by atoms with E-state index in [9.17, 15) is 9.59 Å². The predicted molar refractivity (Wildman–Crippen MR) is 52.3 cm³/mol. The average molecular weight is 203 g/mol. The van der Waals surface area contributed by atoms with Gasteiger partial charge in [-0.1, -0.05) is 6.07 Å². The summed E-state index contributed by atoms with van der Waals surface area (Å²) >= 11 is 0. The molecule has 0 spiro atoms. The number of hydrogen-bond donors (Lipinski definition) is 0. The Morgan fingerprint density at radius 1 is 1.60 bits per heavy atom. The van der Waals surface area contributed by atoms with E-state index in [1.807, 2.05) is 6.07 Å². The van der Waals surface area contributed by atoms with E-state index >= 15 is 0 Å². The van der Waals surface area contributed by atoms with Crippen molar-refractivity contribution in [3.63, 3.8) is 0 Å². The monoisotopic (exact) mass is 203 g/mol. The van der Waals surface area contributed by atoms with Gasteiger partial charge in [-0.3, -0.25) is 0 Å². The summed E-state index contributed by atoms with van der Waals surface area (Å²) in [5.41, 5.74) is 1.14. The quantitative estimate of drug-likeness (QED) is 0.544. The minimum Gasteiger partial charge on any atom is -0.465 e. The van der Waals surface area contributed by atoms with Crippen molar-refractivity contribution in [3.05, 3.63) is 34.9 Å². The molecular formula is C11H9NO3. The fourth-order valence-electron chi connectivity index (χ4n) is 1.20. The lowest BCUT2D eigenvalue weighted by atomic mass is 10.0. The Hall–Kier alpha value is -2.15. The highest BCUT2D eigenvalue weighted by molar-refractivity contribution is 5.92. The fourth-order valence-corrected chi connectivity index (χ4v) is 1.20. The molecule has 0 aliphatic carbocycles. The van der Waals surface area contributed by atoms with Gasteiger partial charge in [0.25, 0.3) is 0 Å². The number of rotatable bonds is 3. The summed E-state index contributed by atoms with van der Waals surface area (Å²) in [5, 5.41) is 8.81. The van der Waals surface area contributed by atoms with E-state index in [1.54, 1.807) is 6.07 Å². The van der Waals surface area contributed by atoms with Crippen molar-refractivity contribution in [3.8, 4) is 6.07 Å². The van der Waals surface area contributed by atoms with Crippen molar-refractivity contribution in [1.82, 2.24) is 0 Å². The molecule has 0 aromatic heterocycles. The Kier molecular flexibility index (Phi) is 3.58. The number of hydrogen-bond acceptors (Lipinski definition) is 4. The van der Waals surface area contributed by atoms with Crippen molar-refractivity contribution < 1.29 is 14.3 Å². The number of esters is 1. The van der Waals surface area contributed by atoms with E-state index in [1.165, 1.54) is 19.2 Å². The zero-order chi connectivity index (χ0) is 11.3. The number of nitriles is 1. The summed E-state index contributed by atoms with van der Waals surface area (Å²) in [6, 6.07) is 6.52. The first-order chi connectivity index (χ1) is 7.22. The molecule has 0 bridgehead atoms. The molecule has 0 unspecified atom stereocenters. The molecule has 76 valence electrons. The molecule has 0 atom stereocenters. The van der Waals surface area contributed by atoms with E-state index in [2.05, 4.69) is 4.74 Å². The van der Waals surface area contributed by atoms with E-state index in [4.69, 9.17) is 5.26 Å². The van der Waals surface area contributed by atoms with Crippen LogP contribution in [0.2, 0.25) is 0 Å². The summed E-state index contributed by atoms with van der Waals surface area (Å²) in [5.74, 6) is -0.552. The van der Waals surface area contributed by atoms with Crippen molar-refractivity contribution >= 4 is 12.3 Å². The Morgan fingerprint density at radius 3 is 2.87 bits per heavy atom. The fraction of sp³-hybridized carbons (Fsp3) is 0.182. The first kappa shape index (κ1) is 10.9. The highest BCUT2D eigenvalue weighted by Crippen LogP contribution is 2.12. The van der Waals surface area contributed by atoms with Crippen LogP contribution in [-0.2, 0) is 16.0 Å². The zero-order valence-corrected chi connectivity index (χ0v) is 8.19. The number of benzene rings is 1. The number of methoxy groups -OCH3 is 1. The van der Waals surface area contributed by atoms with Gasteiger partial charge in [0.2, 0.25) is 0 Å². The van der Waals surface area contributed by atoms with Crippen LogP contribution in [0.4, 0.5) is 0 Å². The predicted octanol–water partition coefficient (Wildman–Crippen LogP) is 1.09. The smallest absolute Gasteiger partial charge is 0.339 e. The molecule has 0 fully saturated rings. The molecule has 0 radical (unpaired) electrons. The van der Waals surface area contributed by atoms with Crippen molar-refractivity contribution in [1.29, 1.82) is 5.26 Å². The highest BCUT2D eigenvalue weighted by Gasteiger charge is 2.11. The summed E-state index contributed by atoms with van der Waals surface area (Å²) in [6.07, 6.45) is 0.977. The number of ether oxygens (including phenoxy) is 1. The molecule has 1 aromatic rings. The molecule has 15 heavy (non-hydrogen) atoms.